The van der Waals surface area contributed by atoms with Crippen LogP contribution in [-0.2, 0) is 5.54 Å². The van der Waals surface area contributed by atoms with E-state index in [1.807, 2.05) is 0 Å². The van der Waals surface area contributed by atoms with Gasteiger partial charge in [0.15, 0.2) is 5.65 Å². The molecule has 31 heavy (non-hydrogen) atoms. The molecule has 0 saturated carbocycles. The van der Waals surface area contributed by atoms with Crippen LogP contribution in [-0.4, -0.2) is 69.3 Å². The molecule has 8 heteroatoms. The molecule has 4 rings (SSSR count). The molecule has 0 amide bonds. The van der Waals surface area contributed by atoms with E-state index in [1.165, 1.54) is 5.56 Å². The zero-order valence-corrected chi connectivity index (χ0v) is 18.9. The first-order chi connectivity index (χ1) is 14.8. The van der Waals surface area contributed by atoms with E-state index in [2.05, 4.69) is 88.3 Å². The van der Waals surface area contributed by atoms with E-state index >= 15 is 0 Å². The summed E-state index contributed by atoms with van der Waals surface area (Å²) in [5, 5.41) is 8.19. The molecule has 2 N–H and O–H groups in total. The number of nitrogens with one attached hydrogen (secondary N) is 2. The maximum absolute atomic E-state index is 12.4. The van der Waals surface area contributed by atoms with Crippen LogP contribution >= 0.6 is 0 Å². The average molecular weight is 424 g/mol. The fraction of sp³-hybridized carbons (Fsp3) is 0.522. The van der Waals surface area contributed by atoms with Crippen LogP contribution in [0.15, 0.2) is 41.3 Å². The Morgan fingerprint density at radius 3 is 2.71 bits per heavy atom. The van der Waals surface area contributed by atoms with Gasteiger partial charge in [0.25, 0.3) is 5.56 Å². The van der Waals surface area contributed by atoms with Crippen molar-refractivity contribution in [3.8, 4) is 0 Å². The third-order valence-electron chi connectivity index (χ3n) is 5.87. The zero-order valence-electron chi connectivity index (χ0n) is 18.9. The van der Waals surface area contributed by atoms with E-state index < -0.39 is 0 Å². The lowest BCUT2D eigenvalue weighted by Crippen LogP contribution is -2.47. The van der Waals surface area contributed by atoms with E-state index in [1.54, 1.807) is 10.9 Å². The number of aromatic nitrogens is 4. The summed E-state index contributed by atoms with van der Waals surface area (Å²) in [6, 6.07) is 11.2. The van der Waals surface area contributed by atoms with Crippen molar-refractivity contribution in [2.24, 2.45) is 0 Å². The first-order valence-electron chi connectivity index (χ1n) is 11.0. The Morgan fingerprint density at radius 1 is 1.19 bits per heavy atom. The highest BCUT2D eigenvalue weighted by atomic mass is 16.1. The highest BCUT2D eigenvalue weighted by molar-refractivity contribution is 5.74. The maximum atomic E-state index is 12.4. The predicted molar refractivity (Wildman–Crippen MR) is 125 cm³/mol. The van der Waals surface area contributed by atoms with Crippen molar-refractivity contribution in [2.45, 2.75) is 38.8 Å². The summed E-state index contributed by atoms with van der Waals surface area (Å²) in [5.41, 5.74) is 1.58. The minimum Gasteiger partial charge on any atom is -0.356 e. The van der Waals surface area contributed by atoms with Crippen molar-refractivity contribution < 1.29 is 0 Å². The van der Waals surface area contributed by atoms with Crippen molar-refractivity contribution in [3.63, 3.8) is 0 Å². The Balaban J connectivity index is 1.40. The Morgan fingerprint density at radius 2 is 1.97 bits per heavy atom. The molecule has 1 fully saturated rings. The summed E-state index contributed by atoms with van der Waals surface area (Å²) in [4.78, 5) is 24.9. The first-order valence-corrected chi connectivity index (χ1v) is 11.0. The maximum Gasteiger partial charge on any atom is 0.263 e. The Labute approximate surface area is 183 Å². The molecule has 3 heterocycles. The molecule has 8 nitrogen and oxygen atoms in total. The van der Waals surface area contributed by atoms with Gasteiger partial charge in [-0.05, 0) is 39.8 Å². The van der Waals surface area contributed by atoms with Crippen molar-refractivity contribution in [3.05, 3.63) is 52.4 Å². The van der Waals surface area contributed by atoms with E-state index in [0.29, 0.717) is 23.0 Å². The number of benzene rings is 1. The van der Waals surface area contributed by atoms with Gasteiger partial charge < -0.3 is 10.2 Å². The molecule has 1 unspecified atom stereocenters. The second kappa shape index (κ2) is 8.80. The lowest BCUT2D eigenvalue weighted by Gasteiger charge is -2.40. The topological polar surface area (TPSA) is 82.1 Å². The third kappa shape index (κ3) is 4.80. The molecule has 0 spiro atoms. The van der Waals surface area contributed by atoms with E-state index in [0.717, 1.165) is 39.1 Å². The van der Waals surface area contributed by atoms with Crippen molar-refractivity contribution >= 4 is 17.0 Å². The van der Waals surface area contributed by atoms with Crippen LogP contribution in [0.4, 0.5) is 5.95 Å². The molecule has 2 aromatic heterocycles. The largest absolute Gasteiger partial charge is 0.356 e. The number of rotatable bonds is 6. The van der Waals surface area contributed by atoms with Crippen LogP contribution in [0.25, 0.3) is 11.0 Å². The van der Waals surface area contributed by atoms with Gasteiger partial charge in [-0.3, -0.25) is 14.7 Å². The quantitative estimate of drug-likeness (QED) is 0.593. The number of anilines is 1. The number of aromatic amines is 1. The molecule has 1 saturated heterocycles. The third-order valence-corrected chi connectivity index (χ3v) is 5.87. The predicted octanol–water partition coefficient (Wildman–Crippen LogP) is 2.67. The number of hydrogen-bond donors (Lipinski definition) is 2. The summed E-state index contributed by atoms with van der Waals surface area (Å²) < 4.78 is 1.80. The number of likely N-dealkylation sites (N-methyl/N-ethyl adjacent to an activating group) is 1. The lowest BCUT2D eigenvalue weighted by molar-refractivity contribution is 0.0896. The van der Waals surface area contributed by atoms with E-state index in [9.17, 15) is 4.79 Å². The SMILES string of the molecule is CN1CCN(CCCNc2nc3c(cnn3C(C)(C)C)c(=O)[nH]2)C(c2ccccc2)C1. The Kier molecular flexibility index (Phi) is 6.11. The first kappa shape index (κ1) is 21.5. The molecule has 1 atom stereocenters. The molecule has 0 aliphatic carbocycles. The summed E-state index contributed by atoms with van der Waals surface area (Å²) in [7, 11) is 2.19. The van der Waals surface area contributed by atoms with Crippen LogP contribution < -0.4 is 10.9 Å². The smallest absolute Gasteiger partial charge is 0.263 e. The monoisotopic (exact) mass is 423 g/mol. The number of fused-ring (bicyclic) bond motifs is 1. The Hall–Kier alpha value is -2.71. The van der Waals surface area contributed by atoms with Crippen LogP contribution in [0.1, 0.15) is 38.8 Å². The summed E-state index contributed by atoms with van der Waals surface area (Å²) in [6.07, 6.45) is 2.56. The van der Waals surface area contributed by atoms with E-state index in [4.69, 9.17) is 0 Å². The minimum atomic E-state index is -0.242. The van der Waals surface area contributed by atoms with Crippen molar-refractivity contribution in [1.29, 1.82) is 0 Å². The molecule has 3 aromatic rings. The molecule has 1 aliphatic rings. The second-order valence-electron chi connectivity index (χ2n) is 9.38. The number of hydrogen-bond acceptors (Lipinski definition) is 6. The molecule has 0 bridgehead atoms. The molecular weight excluding hydrogens is 390 g/mol. The van der Waals surface area contributed by atoms with Gasteiger partial charge in [0, 0.05) is 38.8 Å². The highest BCUT2D eigenvalue weighted by Gasteiger charge is 2.26. The van der Waals surface area contributed by atoms with Crippen molar-refractivity contribution in [1.82, 2.24) is 29.5 Å². The molecule has 166 valence electrons. The minimum absolute atomic E-state index is 0.161. The molecule has 0 radical (unpaired) electrons. The van der Waals surface area contributed by atoms with Crippen LogP contribution in [0.5, 0.6) is 0 Å². The number of nitrogens with zero attached hydrogens (tertiary/aromatic N) is 5. The van der Waals surface area contributed by atoms with Crippen LogP contribution in [0.2, 0.25) is 0 Å². The summed E-state index contributed by atoms with van der Waals surface area (Å²) in [6.45, 7) is 11.1. The van der Waals surface area contributed by atoms with Gasteiger partial charge in [-0.2, -0.15) is 10.1 Å². The molecule has 1 aromatic carbocycles. The van der Waals surface area contributed by atoms with Crippen LogP contribution in [0.3, 0.4) is 0 Å². The summed E-state index contributed by atoms with van der Waals surface area (Å²) >= 11 is 0. The van der Waals surface area contributed by atoms with Gasteiger partial charge in [-0.25, -0.2) is 4.68 Å². The normalized spacial score (nSPS) is 18.5. The number of H-pyrrole nitrogens is 1. The number of piperazine rings is 1. The summed E-state index contributed by atoms with van der Waals surface area (Å²) in [5.74, 6) is 0.501. The van der Waals surface area contributed by atoms with Gasteiger partial charge in [-0.1, -0.05) is 30.3 Å². The van der Waals surface area contributed by atoms with Gasteiger partial charge in [0.1, 0.15) is 5.39 Å². The van der Waals surface area contributed by atoms with Crippen molar-refractivity contribution in [2.75, 3.05) is 45.1 Å². The van der Waals surface area contributed by atoms with Gasteiger partial charge in [-0.15, -0.1) is 0 Å². The zero-order chi connectivity index (χ0) is 22.0. The molecule has 1 aliphatic heterocycles. The Bertz CT molecular complexity index is 1070. The van der Waals surface area contributed by atoms with Gasteiger partial charge >= 0.3 is 0 Å². The fourth-order valence-corrected chi connectivity index (χ4v) is 4.20. The van der Waals surface area contributed by atoms with Crippen LogP contribution in [0, 0.1) is 0 Å². The lowest BCUT2D eigenvalue weighted by atomic mass is 10.0. The standard InChI is InChI=1S/C23H33N7O/c1-23(2,3)30-20-18(15-25-30)21(31)27-22(26-20)24-11-8-12-29-14-13-28(4)16-19(29)17-9-6-5-7-10-17/h5-7,9-10,15,19H,8,11-14,16H2,1-4H3,(H2,24,26,27,31). The average Bonchev–Trinajstić information content (AvgIpc) is 3.18. The molecular formula is C23H33N7O. The van der Waals surface area contributed by atoms with Gasteiger partial charge in [0.05, 0.1) is 11.7 Å². The fourth-order valence-electron chi connectivity index (χ4n) is 4.20. The highest BCUT2D eigenvalue weighted by Crippen LogP contribution is 2.25. The second-order valence-corrected chi connectivity index (χ2v) is 9.38. The van der Waals surface area contributed by atoms with E-state index in [-0.39, 0.29) is 11.1 Å². The van der Waals surface area contributed by atoms with Gasteiger partial charge in [0.2, 0.25) is 5.95 Å².